The summed E-state index contributed by atoms with van der Waals surface area (Å²) in [5.41, 5.74) is 4.43. The molecule has 0 aromatic carbocycles. The minimum Gasteiger partial charge on any atom is -0.329 e. The molecule has 0 rings (SSSR count). The van der Waals surface area contributed by atoms with Crippen LogP contribution in [0, 0.1) is 5.92 Å². The molecule has 9 heteroatoms. The van der Waals surface area contributed by atoms with Crippen LogP contribution < -0.4 is 15.2 Å². The first kappa shape index (κ1) is 16.6. The Morgan fingerprint density at radius 1 is 1.29 bits per heavy atom. The first-order chi connectivity index (χ1) is 7.42. The van der Waals surface area contributed by atoms with Gasteiger partial charge in [-0.15, -0.1) is 0 Å². The fraction of sp³-hybridized carbons (Fsp3) is 1.00. The van der Waals surface area contributed by atoms with Crippen molar-refractivity contribution in [2.75, 3.05) is 13.1 Å². The third kappa shape index (κ3) is 6.20. The van der Waals surface area contributed by atoms with Gasteiger partial charge in [-0.2, -0.15) is 31.0 Å². The van der Waals surface area contributed by atoms with E-state index in [-0.39, 0.29) is 12.5 Å². The molecule has 0 saturated heterocycles. The standard InChI is InChI=1S/C8H18F3N3O2S/c1-6(2)7(3,4-12)14-17(15,16)13-5-8(9,10)11/h6,13-14H,4-5,12H2,1-3H3. The van der Waals surface area contributed by atoms with Gasteiger partial charge in [-0.25, -0.2) is 0 Å². The maximum atomic E-state index is 11.9. The van der Waals surface area contributed by atoms with E-state index in [1.807, 2.05) is 0 Å². The SMILES string of the molecule is CC(C)C(C)(CN)NS(=O)(=O)NCC(F)(F)F. The van der Waals surface area contributed by atoms with E-state index in [0.717, 1.165) is 0 Å². The molecule has 0 spiro atoms. The largest absolute Gasteiger partial charge is 0.402 e. The number of hydrogen-bond acceptors (Lipinski definition) is 3. The van der Waals surface area contributed by atoms with Crippen molar-refractivity contribution in [3.8, 4) is 0 Å². The van der Waals surface area contributed by atoms with Crippen molar-refractivity contribution in [3.63, 3.8) is 0 Å². The molecule has 0 radical (unpaired) electrons. The Morgan fingerprint density at radius 3 is 2.06 bits per heavy atom. The molecule has 5 nitrogen and oxygen atoms in total. The van der Waals surface area contributed by atoms with E-state index in [2.05, 4.69) is 4.72 Å². The van der Waals surface area contributed by atoms with Crippen molar-refractivity contribution < 1.29 is 21.6 Å². The second-order valence-corrected chi connectivity index (χ2v) is 5.82. The van der Waals surface area contributed by atoms with Crippen molar-refractivity contribution in [3.05, 3.63) is 0 Å². The van der Waals surface area contributed by atoms with Crippen molar-refractivity contribution in [2.45, 2.75) is 32.5 Å². The van der Waals surface area contributed by atoms with E-state index < -0.39 is 28.5 Å². The number of nitrogens with one attached hydrogen (secondary N) is 2. The van der Waals surface area contributed by atoms with Crippen molar-refractivity contribution in [2.24, 2.45) is 11.7 Å². The van der Waals surface area contributed by atoms with Crippen LogP contribution in [0.2, 0.25) is 0 Å². The van der Waals surface area contributed by atoms with Crippen LogP contribution in [0.5, 0.6) is 0 Å². The van der Waals surface area contributed by atoms with Gasteiger partial charge in [-0.1, -0.05) is 13.8 Å². The zero-order chi connectivity index (χ0) is 13.9. The fourth-order valence-electron chi connectivity index (χ4n) is 0.915. The Bertz CT molecular complexity index is 342. The smallest absolute Gasteiger partial charge is 0.329 e. The lowest BCUT2D eigenvalue weighted by molar-refractivity contribution is -0.121. The summed E-state index contributed by atoms with van der Waals surface area (Å²) >= 11 is 0. The quantitative estimate of drug-likeness (QED) is 0.655. The van der Waals surface area contributed by atoms with Gasteiger partial charge in [0, 0.05) is 12.1 Å². The van der Waals surface area contributed by atoms with Crippen LogP contribution in [0.1, 0.15) is 20.8 Å². The molecule has 0 aliphatic heterocycles. The van der Waals surface area contributed by atoms with Gasteiger partial charge in [0.1, 0.15) is 6.54 Å². The maximum absolute atomic E-state index is 11.9. The Hall–Kier alpha value is -0.380. The van der Waals surface area contributed by atoms with Crippen LogP contribution in [0.25, 0.3) is 0 Å². The highest BCUT2D eigenvalue weighted by molar-refractivity contribution is 7.87. The van der Waals surface area contributed by atoms with Crippen LogP contribution >= 0.6 is 0 Å². The van der Waals surface area contributed by atoms with Gasteiger partial charge in [0.15, 0.2) is 0 Å². The zero-order valence-electron chi connectivity index (χ0n) is 9.93. The summed E-state index contributed by atoms with van der Waals surface area (Å²) in [6.07, 6.45) is -4.59. The Labute approximate surface area is 99.1 Å². The van der Waals surface area contributed by atoms with Crippen molar-refractivity contribution in [1.29, 1.82) is 0 Å². The second-order valence-electron chi connectivity index (χ2n) is 4.32. The molecule has 1 unspecified atom stereocenters. The average molecular weight is 277 g/mol. The summed E-state index contributed by atoms with van der Waals surface area (Å²) in [5.74, 6) is -0.157. The Morgan fingerprint density at radius 2 is 1.76 bits per heavy atom. The molecule has 0 heterocycles. The van der Waals surface area contributed by atoms with Crippen molar-refractivity contribution >= 4 is 10.2 Å². The Kier molecular flexibility index (Phi) is 5.38. The van der Waals surface area contributed by atoms with Gasteiger partial charge in [-0.05, 0) is 12.8 Å². The van der Waals surface area contributed by atoms with Crippen LogP contribution in [0.15, 0.2) is 0 Å². The molecule has 0 aromatic heterocycles. The summed E-state index contributed by atoms with van der Waals surface area (Å²) in [6, 6.07) is 0. The molecule has 17 heavy (non-hydrogen) atoms. The van der Waals surface area contributed by atoms with Gasteiger partial charge in [0.25, 0.3) is 10.2 Å². The molecular formula is C8H18F3N3O2S. The summed E-state index contributed by atoms with van der Waals surface area (Å²) in [5, 5.41) is 0. The van der Waals surface area contributed by atoms with Crippen LogP contribution in [0.3, 0.4) is 0 Å². The summed E-state index contributed by atoms with van der Waals surface area (Å²) in [4.78, 5) is 0. The number of halogens is 3. The number of rotatable bonds is 6. The molecule has 4 N–H and O–H groups in total. The predicted molar refractivity (Wildman–Crippen MR) is 58.4 cm³/mol. The van der Waals surface area contributed by atoms with Gasteiger partial charge in [0.05, 0.1) is 0 Å². The van der Waals surface area contributed by atoms with Gasteiger partial charge >= 0.3 is 6.18 Å². The molecule has 0 fully saturated rings. The second kappa shape index (κ2) is 5.51. The fourth-order valence-corrected chi connectivity index (χ4v) is 2.27. The van der Waals surface area contributed by atoms with Gasteiger partial charge in [0.2, 0.25) is 0 Å². The van der Waals surface area contributed by atoms with E-state index in [0.29, 0.717) is 0 Å². The molecule has 0 amide bonds. The lowest BCUT2D eigenvalue weighted by Gasteiger charge is -2.33. The van der Waals surface area contributed by atoms with E-state index in [9.17, 15) is 21.6 Å². The number of alkyl halides is 3. The van der Waals surface area contributed by atoms with E-state index >= 15 is 0 Å². The lowest BCUT2D eigenvalue weighted by Crippen LogP contribution is -2.58. The molecule has 0 bridgehead atoms. The highest BCUT2D eigenvalue weighted by Crippen LogP contribution is 2.16. The van der Waals surface area contributed by atoms with E-state index in [4.69, 9.17) is 5.73 Å². The summed E-state index contributed by atoms with van der Waals surface area (Å²) in [6.45, 7) is 3.35. The Balaban J connectivity index is 4.65. The molecule has 0 aliphatic carbocycles. The lowest BCUT2D eigenvalue weighted by atomic mass is 9.90. The minimum absolute atomic E-state index is 0.0163. The van der Waals surface area contributed by atoms with Gasteiger partial charge in [-0.3, -0.25) is 0 Å². The minimum atomic E-state index is -4.59. The third-order valence-corrected chi connectivity index (χ3v) is 3.79. The van der Waals surface area contributed by atoms with E-state index in [1.54, 1.807) is 13.8 Å². The molecule has 0 saturated carbocycles. The number of hydrogen-bond donors (Lipinski definition) is 3. The number of nitrogens with two attached hydrogens (primary N) is 1. The van der Waals surface area contributed by atoms with Crippen molar-refractivity contribution in [1.82, 2.24) is 9.44 Å². The highest BCUT2D eigenvalue weighted by atomic mass is 32.2. The zero-order valence-corrected chi connectivity index (χ0v) is 10.7. The predicted octanol–water partition coefficient (Wildman–Crippen LogP) is 0.346. The van der Waals surface area contributed by atoms with Crippen LogP contribution in [-0.2, 0) is 10.2 Å². The van der Waals surface area contributed by atoms with E-state index in [1.165, 1.54) is 11.6 Å². The first-order valence-corrected chi connectivity index (χ1v) is 6.45. The average Bonchev–Trinajstić information content (AvgIpc) is 2.13. The molecule has 104 valence electrons. The molecule has 0 aromatic rings. The summed E-state index contributed by atoms with van der Waals surface area (Å²) < 4.78 is 61.9. The maximum Gasteiger partial charge on any atom is 0.402 e. The molecular weight excluding hydrogens is 259 g/mol. The monoisotopic (exact) mass is 277 g/mol. The van der Waals surface area contributed by atoms with Crippen LogP contribution in [-0.4, -0.2) is 33.2 Å². The topological polar surface area (TPSA) is 84.2 Å². The van der Waals surface area contributed by atoms with Crippen LogP contribution in [0.4, 0.5) is 13.2 Å². The summed E-state index contributed by atoms with van der Waals surface area (Å²) in [7, 11) is -4.23. The third-order valence-electron chi connectivity index (χ3n) is 2.53. The normalized spacial score (nSPS) is 17.2. The molecule has 1 atom stereocenters. The van der Waals surface area contributed by atoms with Gasteiger partial charge < -0.3 is 5.73 Å². The molecule has 0 aliphatic rings. The highest BCUT2D eigenvalue weighted by Gasteiger charge is 2.34. The first-order valence-electron chi connectivity index (χ1n) is 4.97.